The molecule has 1 aliphatic heterocycles. The van der Waals surface area contributed by atoms with Crippen molar-refractivity contribution < 1.29 is 14.4 Å². The van der Waals surface area contributed by atoms with E-state index in [1.165, 1.54) is 16.9 Å². The van der Waals surface area contributed by atoms with E-state index in [0.29, 0.717) is 16.3 Å². The molecule has 1 atom stereocenters. The van der Waals surface area contributed by atoms with Gasteiger partial charge in [0.05, 0.1) is 21.3 Å². The molecule has 160 valence electrons. The van der Waals surface area contributed by atoms with E-state index in [1.54, 1.807) is 24.3 Å². The monoisotopic (exact) mass is 435 g/mol. The summed E-state index contributed by atoms with van der Waals surface area (Å²) < 4.78 is 0.976. The Hall–Kier alpha value is -3.06. The molecule has 1 N–H and O–H groups in total. The van der Waals surface area contributed by atoms with E-state index < -0.39 is 23.8 Å². The quantitative estimate of drug-likeness (QED) is 0.594. The zero-order valence-corrected chi connectivity index (χ0v) is 19.0. The van der Waals surface area contributed by atoms with Crippen molar-refractivity contribution in [1.82, 2.24) is 9.88 Å². The highest BCUT2D eigenvalue weighted by atomic mass is 32.1. The number of aromatic nitrogens is 1. The SMILES string of the molecule is CC(C)C(C(=O)Nc1nc2ccc(C(C)(C)C)cc2s1)N1C(=O)c2ccccc2C1=O. The highest BCUT2D eigenvalue weighted by Gasteiger charge is 2.44. The number of nitrogens with one attached hydrogen (secondary N) is 1. The largest absolute Gasteiger partial charge is 0.300 e. The molecule has 0 bridgehead atoms. The van der Waals surface area contributed by atoms with Crippen LogP contribution in [-0.2, 0) is 10.2 Å². The van der Waals surface area contributed by atoms with Crippen LogP contribution < -0.4 is 5.32 Å². The standard InChI is InChI=1S/C24H25N3O3S/c1-13(2)19(27-21(29)15-8-6-7-9-16(15)22(27)30)20(28)26-23-25-17-11-10-14(24(3,4)5)12-18(17)31-23/h6-13,19H,1-5H3,(H,25,26,28). The highest BCUT2D eigenvalue weighted by molar-refractivity contribution is 7.22. The van der Waals surface area contributed by atoms with Crippen molar-refractivity contribution in [2.75, 3.05) is 5.32 Å². The average Bonchev–Trinajstić information content (AvgIpc) is 3.20. The number of carbonyl (C=O) groups is 3. The number of thiazole rings is 1. The molecule has 3 aromatic rings. The molecular formula is C24H25N3O3S. The maximum atomic E-state index is 13.2. The molecule has 2 aromatic carbocycles. The summed E-state index contributed by atoms with van der Waals surface area (Å²) in [5.41, 5.74) is 2.67. The molecule has 0 aliphatic carbocycles. The number of benzene rings is 2. The van der Waals surface area contributed by atoms with Gasteiger partial charge in [-0.3, -0.25) is 19.3 Å². The van der Waals surface area contributed by atoms with Gasteiger partial charge < -0.3 is 5.32 Å². The number of amides is 3. The van der Waals surface area contributed by atoms with Crippen LogP contribution in [0.25, 0.3) is 10.2 Å². The Morgan fingerprint density at radius 1 is 1.03 bits per heavy atom. The first-order valence-corrected chi connectivity index (χ1v) is 11.1. The van der Waals surface area contributed by atoms with Crippen molar-refractivity contribution in [2.45, 2.75) is 46.1 Å². The maximum Gasteiger partial charge on any atom is 0.262 e. The molecular weight excluding hydrogens is 410 g/mol. The minimum Gasteiger partial charge on any atom is -0.300 e. The highest BCUT2D eigenvalue weighted by Crippen LogP contribution is 2.32. The molecule has 3 amide bonds. The van der Waals surface area contributed by atoms with Crippen LogP contribution in [-0.4, -0.2) is 33.6 Å². The average molecular weight is 436 g/mol. The molecule has 1 aromatic heterocycles. The predicted octanol–water partition coefficient (Wildman–Crippen LogP) is 4.85. The van der Waals surface area contributed by atoms with Gasteiger partial charge in [-0.05, 0) is 41.2 Å². The maximum absolute atomic E-state index is 13.2. The van der Waals surface area contributed by atoms with Crippen LogP contribution in [0.4, 0.5) is 5.13 Å². The summed E-state index contributed by atoms with van der Waals surface area (Å²) in [6, 6.07) is 11.8. The minimum absolute atomic E-state index is 0.00973. The van der Waals surface area contributed by atoms with Crippen molar-refractivity contribution in [3.05, 3.63) is 59.2 Å². The Morgan fingerprint density at radius 3 is 2.19 bits per heavy atom. The lowest BCUT2D eigenvalue weighted by atomic mass is 9.87. The molecule has 31 heavy (non-hydrogen) atoms. The molecule has 0 saturated heterocycles. The Kier molecular flexibility index (Phi) is 5.17. The normalized spacial score (nSPS) is 15.0. The fourth-order valence-corrected chi connectivity index (χ4v) is 4.71. The third-order valence-electron chi connectivity index (χ3n) is 5.49. The number of fused-ring (bicyclic) bond motifs is 2. The predicted molar refractivity (Wildman–Crippen MR) is 123 cm³/mol. The van der Waals surface area contributed by atoms with Gasteiger partial charge in [-0.15, -0.1) is 0 Å². The van der Waals surface area contributed by atoms with Gasteiger partial charge in [-0.2, -0.15) is 0 Å². The number of hydrogen-bond acceptors (Lipinski definition) is 5. The Bertz CT molecular complexity index is 1170. The second-order valence-corrected chi connectivity index (χ2v) is 10.2. The van der Waals surface area contributed by atoms with Crippen LogP contribution >= 0.6 is 11.3 Å². The van der Waals surface area contributed by atoms with Gasteiger partial charge in [0.2, 0.25) is 5.91 Å². The van der Waals surface area contributed by atoms with Crippen LogP contribution in [0.3, 0.4) is 0 Å². The van der Waals surface area contributed by atoms with E-state index in [4.69, 9.17) is 0 Å². The van der Waals surface area contributed by atoms with Crippen molar-refractivity contribution >= 4 is 44.4 Å². The number of hydrogen-bond donors (Lipinski definition) is 1. The summed E-state index contributed by atoms with van der Waals surface area (Å²) in [5, 5.41) is 3.29. The van der Waals surface area contributed by atoms with Crippen molar-refractivity contribution in [3.63, 3.8) is 0 Å². The lowest BCUT2D eigenvalue weighted by molar-refractivity contribution is -0.121. The molecule has 4 rings (SSSR count). The molecule has 0 fully saturated rings. The van der Waals surface area contributed by atoms with Gasteiger partial charge in [-0.25, -0.2) is 4.98 Å². The van der Waals surface area contributed by atoms with Crippen LogP contribution in [0, 0.1) is 5.92 Å². The van der Waals surface area contributed by atoms with E-state index >= 15 is 0 Å². The number of nitrogens with zero attached hydrogens (tertiary/aromatic N) is 2. The minimum atomic E-state index is -0.926. The third-order valence-corrected chi connectivity index (χ3v) is 6.42. The Labute approximate surface area is 185 Å². The fraction of sp³-hybridized carbons (Fsp3) is 0.333. The Balaban J connectivity index is 1.62. The van der Waals surface area contributed by atoms with Gasteiger partial charge in [0.1, 0.15) is 6.04 Å². The summed E-state index contributed by atoms with van der Waals surface area (Å²) in [6.07, 6.45) is 0. The van der Waals surface area contributed by atoms with E-state index in [9.17, 15) is 14.4 Å². The lowest BCUT2D eigenvalue weighted by Gasteiger charge is -2.27. The molecule has 1 unspecified atom stereocenters. The summed E-state index contributed by atoms with van der Waals surface area (Å²) in [6.45, 7) is 10.1. The first-order valence-electron chi connectivity index (χ1n) is 10.3. The summed E-state index contributed by atoms with van der Waals surface area (Å²) in [5.74, 6) is -1.55. The summed E-state index contributed by atoms with van der Waals surface area (Å²) >= 11 is 1.39. The van der Waals surface area contributed by atoms with Crippen LogP contribution in [0.1, 0.15) is 60.9 Å². The summed E-state index contributed by atoms with van der Waals surface area (Å²) in [4.78, 5) is 44.6. The van der Waals surface area contributed by atoms with Crippen molar-refractivity contribution in [2.24, 2.45) is 5.92 Å². The molecule has 1 aliphatic rings. The number of carbonyl (C=O) groups excluding carboxylic acids is 3. The number of rotatable bonds is 4. The smallest absolute Gasteiger partial charge is 0.262 e. The van der Waals surface area contributed by atoms with E-state index in [2.05, 4.69) is 37.1 Å². The third kappa shape index (κ3) is 3.74. The zero-order chi connectivity index (χ0) is 22.5. The molecule has 6 nitrogen and oxygen atoms in total. The van der Waals surface area contributed by atoms with Gasteiger partial charge in [0, 0.05) is 0 Å². The van der Waals surface area contributed by atoms with Gasteiger partial charge in [-0.1, -0.05) is 64.2 Å². The first kappa shape index (κ1) is 21.2. The van der Waals surface area contributed by atoms with Gasteiger partial charge in [0.25, 0.3) is 11.8 Å². The lowest BCUT2D eigenvalue weighted by Crippen LogP contribution is -2.50. The van der Waals surface area contributed by atoms with E-state index in [1.807, 2.05) is 26.0 Å². The zero-order valence-electron chi connectivity index (χ0n) is 18.2. The molecule has 7 heteroatoms. The van der Waals surface area contributed by atoms with Crippen LogP contribution in [0.2, 0.25) is 0 Å². The van der Waals surface area contributed by atoms with E-state index in [0.717, 1.165) is 15.1 Å². The summed E-state index contributed by atoms with van der Waals surface area (Å²) in [7, 11) is 0. The van der Waals surface area contributed by atoms with Gasteiger partial charge in [0.15, 0.2) is 5.13 Å². The van der Waals surface area contributed by atoms with Crippen LogP contribution in [0.15, 0.2) is 42.5 Å². The fourth-order valence-electron chi connectivity index (χ4n) is 3.80. The molecule has 0 spiro atoms. The molecule has 0 saturated carbocycles. The van der Waals surface area contributed by atoms with Crippen molar-refractivity contribution in [3.8, 4) is 0 Å². The van der Waals surface area contributed by atoms with E-state index in [-0.39, 0.29) is 11.3 Å². The second-order valence-electron chi connectivity index (χ2n) is 9.16. The van der Waals surface area contributed by atoms with Crippen LogP contribution in [0.5, 0.6) is 0 Å². The first-order chi connectivity index (χ1) is 14.6. The number of imide groups is 1. The Morgan fingerprint density at radius 2 is 1.65 bits per heavy atom. The topological polar surface area (TPSA) is 79.4 Å². The molecule has 0 radical (unpaired) electrons. The second kappa shape index (κ2) is 7.57. The van der Waals surface area contributed by atoms with Gasteiger partial charge >= 0.3 is 0 Å². The molecule has 2 heterocycles. The number of anilines is 1. The van der Waals surface area contributed by atoms with Crippen molar-refractivity contribution in [1.29, 1.82) is 0 Å².